The summed E-state index contributed by atoms with van der Waals surface area (Å²) >= 11 is 6.15. The molecule has 1 aliphatic heterocycles. The second-order valence-corrected chi connectivity index (χ2v) is 9.96. The molecular weight excluding hydrogens is 558 g/mol. The number of nitrogens with zero attached hydrogens (tertiary/aromatic N) is 2. The van der Waals surface area contributed by atoms with E-state index in [-0.39, 0.29) is 39.8 Å². The quantitative estimate of drug-likeness (QED) is 0.257. The molecule has 0 fully saturated rings. The molecule has 14 heteroatoms. The lowest BCUT2D eigenvalue weighted by Crippen LogP contribution is -2.51. The molecule has 2 aromatic heterocycles. The zero-order chi connectivity index (χ0) is 29.0. The van der Waals surface area contributed by atoms with Crippen LogP contribution in [0.5, 0.6) is 5.75 Å². The highest BCUT2D eigenvalue weighted by Crippen LogP contribution is 2.47. The lowest BCUT2D eigenvalue weighted by atomic mass is 9.81. The van der Waals surface area contributed by atoms with Crippen molar-refractivity contribution in [2.75, 3.05) is 13.2 Å². The number of aliphatic hydroxyl groups is 1. The van der Waals surface area contributed by atoms with E-state index in [9.17, 15) is 32.3 Å². The number of ether oxygens (including phenoxy) is 1. The van der Waals surface area contributed by atoms with E-state index < -0.39 is 47.1 Å². The van der Waals surface area contributed by atoms with Crippen LogP contribution in [0.2, 0.25) is 5.02 Å². The van der Waals surface area contributed by atoms with E-state index in [1.807, 2.05) is 0 Å². The number of halogens is 5. The maximum absolute atomic E-state index is 14.5. The molecule has 208 valence electrons. The van der Waals surface area contributed by atoms with Crippen LogP contribution in [-0.4, -0.2) is 51.4 Å². The molecule has 1 aliphatic rings. The highest BCUT2D eigenvalue weighted by Gasteiger charge is 2.57. The molecule has 2 amide bonds. The van der Waals surface area contributed by atoms with Gasteiger partial charge in [-0.2, -0.15) is 18.3 Å². The van der Waals surface area contributed by atoms with E-state index in [1.54, 1.807) is 0 Å². The Labute approximate surface area is 228 Å². The Morgan fingerprint density at radius 3 is 2.58 bits per heavy atom. The van der Waals surface area contributed by atoms with E-state index in [2.05, 4.69) is 20.5 Å². The number of aromatic nitrogens is 3. The van der Waals surface area contributed by atoms with Gasteiger partial charge in [0.1, 0.15) is 29.3 Å². The summed E-state index contributed by atoms with van der Waals surface area (Å²) in [5, 5.41) is 20.1. The van der Waals surface area contributed by atoms with Crippen molar-refractivity contribution in [1.82, 2.24) is 20.5 Å². The molecule has 5 N–H and O–H groups in total. The summed E-state index contributed by atoms with van der Waals surface area (Å²) in [7, 11) is 0. The summed E-state index contributed by atoms with van der Waals surface area (Å²) in [6, 6.07) is 8.24. The Bertz CT molecular complexity index is 1660. The number of hydrogen-bond donors (Lipinski definition) is 4. The first-order chi connectivity index (χ1) is 18.7. The Morgan fingerprint density at radius 1 is 1.23 bits per heavy atom. The fourth-order valence-electron chi connectivity index (χ4n) is 4.38. The summed E-state index contributed by atoms with van der Waals surface area (Å²) in [6.45, 7) is -0.285. The summed E-state index contributed by atoms with van der Waals surface area (Å²) in [5.74, 6) is -2.53. The largest absolute Gasteiger partial charge is 0.489 e. The summed E-state index contributed by atoms with van der Waals surface area (Å²) in [4.78, 5) is 29.3. The van der Waals surface area contributed by atoms with Crippen LogP contribution in [-0.2, 0) is 15.8 Å². The molecule has 0 saturated heterocycles. The molecule has 0 spiro atoms. The molecule has 3 heterocycles. The van der Waals surface area contributed by atoms with Crippen molar-refractivity contribution in [2.24, 2.45) is 5.73 Å². The summed E-state index contributed by atoms with van der Waals surface area (Å²) in [6.07, 6.45) is -3.96. The van der Waals surface area contributed by atoms with E-state index in [1.165, 1.54) is 37.4 Å². The highest BCUT2D eigenvalue weighted by atomic mass is 35.5. The van der Waals surface area contributed by atoms with Gasteiger partial charge in [-0.15, -0.1) is 0 Å². The fraction of sp³-hybridized carbons (Fsp3) is 0.231. The number of nitrogens with one attached hydrogen (secondary N) is 2. The minimum atomic E-state index is -5.36. The van der Waals surface area contributed by atoms with E-state index >= 15 is 0 Å². The van der Waals surface area contributed by atoms with Crippen LogP contribution in [0.1, 0.15) is 28.5 Å². The SMILES string of the molecule is C[C@]1(C(N)=O)COc2c1cc(C(O)(CNC(=O)c1cc3cn[nH]c3cc1Cl)C(F)(F)F)nc2-c1ccc(F)cc1. The average Bonchev–Trinajstić information content (AvgIpc) is 3.50. The first kappa shape index (κ1) is 27.3. The average molecular weight is 578 g/mol. The number of carbonyl (C=O) groups excluding carboxylic acids is 2. The number of H-pyrrole nitrogens is 1. The number of primary amides is 1. The van der Waals surface area contributed by atoms with Gasteiger partial charge in [-0.25, -0.2) is 9.37 Å². The van der Waals surface area contributed by atoms with Crippen LogP contribution in [0.3, 0.4) is 0 Å². The first-order valence-corrected chi connectivity index (χ1v) is 12.1. The number of fused-ring (bicyclic) bond motifs is 2. The number of pyridine rings is 1. The summed E-state index contributed by atoms with van der Waals surface area (Å²) < 4.78 is 62.8. The monoisotopic (exact) mass is 577 g/mol. The van der Waals surface area contributed by atoms with Crippen molar-refractivity contribution in [1.29, 1.82) is 0 Å². The lowest BCUT2D eigenvalue weighted by Gasteiger charge is -2.31. The van der Waals surface area contributed by atoms with Gasteiger partial charge in [0.25, 0.3) is 5.91 Å². The Balaban J connectivity index is 1.60. The number of aromatic amines is 1. The topological polar surface area (TPSA) is 143 Å². The van der Waals surface area contributed by atoms with Gasteiger partial charge >= 0.3 is 6.18 Å². The van der Waals surface area contributed by atoms with Gasteiger partial charge in [-0.3, -0.25) is 14.7 Å². The van der Waals surface area contributed by atoms with Crippen molar-refractivity contribution >= 4 is 34.3 Å². The van der Waals surface area contributed by atoms with Gasteiger partial charge in [0.05, 0.1) is 34.5 Å². The number of nitrogens with two attached hydrogens (primary N) is 1. The smallest absolute Gasteiger partial charge is 0.424 e. The predicted molar refractivity (Wildman–Crippen MR) is 135 cm³/mol. The van der Waals surface area contributed by atoms with Crippen molar-refractivity contribution in [3.8, 4) is 17.0 Å². The number of rotatable bonds is 6. The van der Waals surface area contributed by atoms with Crippen LogP contribution in [0, 0.1) is 5.82 Å². The predicted octanol–water partition coefficient (Wildman–Crippen LogP) is 3.73. The van der Waals surface area contributed by atoms with Crippen LogP contribution in [0.25, 0.3) is 22.2 Å². The van der Waals surface area contributed by atoms with Crippen molar-refractivity contribution in [3.63, 3.8) is 0 Å². The number of carbonyl (C=O) groups is 2. The molecule has 2 atom stereocenters. The van der Waals surface area contributed by atoms with Crippen molar-refractivity contribution < 1.29 is 37.0 Å². The van der Waals surface area contributed by atoms with Gasteiger partial charge < -0.3 is 20.9 Å². The number of hydrogen-bond acceptors (Lipinski definition) is 6. The highest BCUT2D eigenvalue weighted by molar-refractivity contribution is 6.34. The lowest BCUT2D eigenvalue weighted by molar-refractivity contribution is -0.265. The standard InChI is InChI=1S/C26H20ClF4N5O4/c1-24(23(32)38)11-40-21-16(24)7-19(35-20(21)12-2-4-14(28)5-3-12)25(39,26(29,30)31)10-33-22(37)15-6-13-9-34-36-18(13)8-17(15)27/h2-9,39H,10-11H2,1H3,(H2,32,38)(H,33,37)(H,34,36)/t24-,25?/m0/s1. The normalized spacial score (nSPS) is 18.2. The number of amides is 2. The third kappa shape index (κ3) is 4.40. The second-order valence-electron chi connectivity index (χ2n) is 9.55. The molecule has 1 unspecified atom stereocenters. The van der Waals surface area contributed by atoms with Crippen LogP contribution in [0.15, 0.2) is 48.7 Å². The van der Waals surface area contributed by atoms with Crippen molar-refractivity contribution in [3.05, 3.63) is 76.3 Å². The van der Waals surface area contributed by atoms with E-state index in [0.29, 0.717) is 10.9 Å². The van der Waals surface area contributed by atoms with E-state index in [0.717, 1.165) is 18.2 Å². The van der Waals surface area contributed by atoms with Crippen molar-refractivity contribution in [2.45, 2.75) is 24.1 Å². The maximum Gasteiger partial charge on any atom is 0.424 e. The second kappa shape index (κ2) is 9.45. The van der Waals surface area contributed by atoms with Crippen LogP contribution < -0.4 is 15.8 Å². The molecule has 0 aliphatic carbocycles. The van der Waals surface area contributed by atoms with Gasteiger partial charge in [-0.05, 0) is 49.4 Å². The first-order valence-electron chi connectivity index (χ1n) is 11.7. The molecule has 0 saturated carbocycles. The Hall–Kier alpha value is -4.23. The molecule has 0 bridgehead atoms. The van der Waals surface area contributed by atoms with Gasteiger partial charge in [0, 0.05) is 16.5 Å². The molecule has 0 radical (unpaired) electrons. The number of benzene rings is 2. The Kier molecular flexibility index (Phi) is 6.46. The minimum Gasteiger partial charge on any atom is -0.489 e. The number of alkyl halides is 3. The third-order valence-corrected chi connectivity index (χ3v) is 7.22. The molecule has 4 aromatic rings. The zero-order valence-corrected chi connectivity index (χ0v) is 21.3. The van der Waals surface area contributed by atoms with Crippen LogP contribution >= 0.6 is 11.6 Å². The zero-order valence-electron chi connectivity index (χ0n) is 20.6. The molecule has 40 heavy (non-hydrogen) atoms. The third-order valence-electron chi connectivity index (χ3n) is 6.90. The van der Waals surface area contributed by atoms with Gasteiger partial charge in [0.2, 0.25) is 11.5 Å². The van der Waals surface area contributed by atoms with Gasteiger partial charge in [-0.1, -0.05) is 11.6 Å². The Morgan fingerprint density at radius 2 is 1.93 bits per heavy atom. The maximum atomic E-state index is 14.5. The fourth-order valence-corrected chi connectivity index (χ4v) is 4.63. The molecule has 9 nitrogen and oxygen atoms in total. The molecular formula is C26H20ClF4N5O4. The van der Waals surface area contributed by atoms with Crippen LogP contribution in [0.4, 0.5) is 17.6 Å². The molecule has 5 rings (SSSR count). The molecule has 2 aromatic carbocycles. The minimum absolute atomic E-state index is 0.0367. The summed E-state index contributed by atoms with van der Waals surface area (Å²) in [5.41, 5.74) is -0.400. The van der Waals surface area contributed by atoms with Gasteiger partial charge in [0.15, 0.2) is 0 Å². The van der Waals surface area contributed by atoms with E-state index in [4.69, 9.17) is 22.1 Å².